The summed E-state index contributed by atoms with van der Waals surface area (Å²) < 4.78 is 0. The van der Waals surface area contributed by atoms with Gasteiger partial charge in [0.05, 0.1) is 13.2 Å². The molecule has 0 aromatic heterocycles. The molecule has 0 aliphatic rings. The molecule has 0 bridgehead atoms. The van der Waals surface area contributed by atoms with Gasteiger partial charge in [-0.25, -0.2) is 0 Å². The van der Waals surface area contributed by atoms with Crippen LogP contribution >= 0.6 is 0 Å². The van der Waals surface area contributed by atoms with E-state index in [1.165, 1.54) is 0 Å². The second-order valence-corrected chi connectivity index (χ2v) is 3.72. The second kappa shape index (κ2) is 13.9. The third kappa shape index (κ3) is 20.3. The summed E-state index contributed by atoms with van der Waals surface area (Å²) in [6.07, 6.45) is 2.33. The molecule has 0 aromatic carbocycles. The fourth-order valence-electron chi connectivity index (χ4n) is 0.964. The summed E-state index contributed by atoms with van der Waals surface area (Å²) in [5.74, 6) is -1.57. The van der Waals surface area contributed by atoms with Crippen molar-refractivity contribution < 1.29 is 35.1 Å². The maximum absolute atomic E-state index is 10.0. The first-order valence-electron chi connectivity index (χ1n) is 5.77. The highest BCUT2D eigenvalue weighted by molar-refractivity contribution is 5.66. The van der Waals surface area contributed by atoms with Crippen molar-refractivity contribution >= 4 is 11.9 Å². The average molecular weight is 266 g/mol. The minimum absolute atomic E-state index is 0.188. The molecule has 0 aliphatic carbocycles. The van der Waals surface area contributed by atoms with Gasteiger partial charge in [-0.2, -0.15) is 0 Å². The van der Waals surface area contributed by atoms with Crippen LogP contribution in [0.15, 0.2) is 0 Å². The van der Waals surface area contributed by atoms with Crippen molar-refractivity contribution in [2.24, 2.45) is 0 Å². The van der Waals surface area contributed by atoms with E-state index >= 15 is 0 Å². The largest absolute Gasteiger partial charge is 0.481 e. The van der Waals surface area contributed by atoms with E-state index in [4.69, 9.17) is 25.5 Å². The first-order chi connectivity index (χ1) is 8.43. The Bertz CT molecular complexity index is 195. The van der Waals surface area contributed by atoms with Crippen molar-refractivity contribution in [2.45, 2.75) is 44.6 Å². The van der Waals surface area contributed by atoms with Gasteiger partial charge >= 0.3 is 11.9 Å². The van der Waals surface area contributed by atoms with Gasteiger partial charge in [0.15, 0.2) is 0 Å². The highest BCUT2D eigenvalue weighted by atomic mass is 16.4. The van der Waals surface area contributed by atoms with Gasteiger partial charge in [-0.05, 0) is 12.8 Å². The Hall–Kier alpha value is -1.18. The molecule has 0 aromatic rings. The molecule has 0 fully saturated rings. The third-order valence-corrected chi connectivity index (χ3v) is 1.95. The third-order valence-electron chi connectivity index (χ3n) is 1.95. The van der Waals surface area contributed by atoms with Crippen LogP contribution in [0, 0.1) is 0 Å². The molecule has 0 rings (SSSR count). The highest BCUT2D eigenvalue weighted by Crippen LogP contribution is 2.04. The molecule has 0 amide bonds. The quantitative estimate of drug-likeness (QED) is 0.365. The summed E-state index contributed by atoms with van der Waals surface area (Å²) in [6, 6.07) is 0. The van der Waals surface area contributed by atoms with Crippen LogP contribution in [-0.4, -0.2) is 56.8 Å². The summed E-state index contributed by atoms with van der Waals surface area (Å²) in [4.78, 5) is 20.1. The topological polar surface area (TPSA) is 135 Å². The van der Waals surface area contributed by atoms with Crippen molar-refractivity contribution in [1.82, 2.24) is 0 Å². The van der Waals surface area contributed by atoms with Crippen LogP contribution in [0.1, 0.15) is 38.5 Å². The Morgan fingerprint density at radius 2 is 1.11 bits per heavy atom. The van der Waals surface area contributed by atoms with E-state index in [0.717, 1.165) is 12.8 Å². The number of rotatable bonds is 9. The molecule has 0 saturated heterocycles. The molecule has 0 spiro atoms. The van der Waals surface area contributed by atoms with E-state index in [1.54, 1.807) is 0 Å². The highest BCUT2D eigenvalue weighted by Gasteiger charge is 1.98. The van der Waals surface area contributed by atoms with Crippen molar-refractivity contribution in [3.63, 3.8) is 0 Å². The maximum Gasteiger partial charge on any atom is 0.303 e. The van der Waals surface area contributed by atoms with Crippen LogP contribution < -0.4 is 0 Å². The van der Waals surface area contributed by atoms with Gasteiger partial charge in [-0.15, -0.1) is 0 Å². The van der Waals surface area contributed by atoms with Crippen molar-refractivity contribution in [3.05, 3.63) is 0 Å². The van der Waals surface area contributed by atoms with Crippen molar-refractivity contribution in [3.8, 4) is 0 Å². The van der Waals surface area contributed by atoms with Crippen LogP contribution in [0.2, 0.25) is 0 Å². The lowest BCUT2D eigenvalue weighted by Crippen LogP contribution is -2.15. The maximum atomic E-state index is 10.0. The minimum atomic E-state index is -0.954. The van der Waals surface area contributed by atoms with E-state index in [2.05, 4.69) is 0 Å². The van der Waals surface area contributed by atoms with E-state index in [0.29, 0.717) is 12.8 Å². The summed E-state index contributed by atoms with van der Waals surface area (Å²) in [6.45, 7) is -0.729. The number of carboxylic acids is 2. The molecule has 0 unspecified atom stereocenters. The van der Waals surface area contributed by atoms with Crippen LogP contribution in [-0.2, 0) is 9.59 Å². The van der Waals surface area contributed by atoms with Gasteiger partial charge in [0.1, 0.15) is 6.10 Å². The van der Waals surface area contributed by atoms with Gasteiger partial charge in [0, 0.05) is 12.8 Å². The summed E-state index contributed by atoms with van der Waals surface area (Å²) in [7, 11) is 0. The predicted octanol–water partition coefficient (Wildman–Crippen LogP) is -0.172. The average Bonchev–Trinajstić information content (AvgIpc) is 2.32. The molecule has 108 valence electrons. The fourth-order valence-corrected chi connectivity index (χ4v) is 0.964. The van der Waals surface area contributed by atoms with E-state index < -0.39 is 18.0 Å². The smallest absolute Gasteiger partial charge is 0.303 e. The summed E-state index contributed by atoms with van der Waals surface area (Å²) in [5.41, 5.74) is 0. The van der Waals surface area contributed by atoms with Crippen molar-refractivity contribution in [2.75, 3.05) is 13.2 Å². The number of hydrogen-bond acceptors (Lipinski definition) is 5. The lowest BCUT2D eigenvalue weighted by molar-refractivity contribution is -0.138. The van der Waals surface area contributed by atoms with Gasteiger partial charge in [-0.3, -0.25) is 9.59 Å². The van der Waals surface area contributed by atoms with Gasteiger partial charge < -0.3 is 25.5 Å². The molecule has 0 atom stereocenters. The van der Waals surface area contributed by atoms with Crippen LogP contribution in [0.25, 0.3) is 0 Å². The zero-order chi connectivity index (χ0) is 14.4. The molecule has 0 radical (unpaired) electrons. The summed E-state index contributed by atoms with van der Waals surface area (Å²) in [5, 5.41) is 40.5. The minimum Gasteiger partial charge on any atom is -0.481 e. The monoisotopic (exact) mass is 266 g/mol. The second-order valence-electron chi connectivity index (χ2n) is 3.72. The van der Waals surface area contributed by atoms with E-state index in [1.807, 2.05) is 0 Å². The molecule has 7 nitrogen and oxygen atoms in total. The van der Waals surface area contributed by atoms with Gasteiger partial charge in [0.25, 0.3) is 0 Å². The number of unbranched alkanes of at least 4 members (excludes halogenated alkanes) is 3. The Morgan fingerprint density at radius 3 is 1.28 bits per heavy atom. The van der Waals surface area contributed by atoms with Gasteiger partial charge in [-0.1, -0.05) is 12.8 Å². The Kier molecular flexibility index (Phi) is 14.8. The van der Waals surface area contributed by atoms with Crippen molar-refractivity contribution in [1.29, 1.82) is 0 Å². The lowest BCUT2D eigenvalue weighted by Gasteiger charge is -1.96. The summed E-state index contributed by atoms with van der Waals surface area (Å²) >= 11 is 0. The number of aliphatic carboxylic acids is 2. The standard InChI is InChI=1S/C8H14O4.C3H8O3/c9-7(10)5-3-1-2-4-6-8(11)12;4-1-3(6)2-5/h1-6H2,(H,9,10)(H,11,12);3-6H,1-2H2. The first-order valence-corrected chi connectivity index (χ1v) is 5.77. The molecule has 18 heavy (non-hydrogen) atoms. The van der Waals surface area contributed by atoms with Crippen LogP contribution in [0.3, 0.4) is 0 Å². The lowest BCUT2D eigenvalue weighted by atomic mass is 10.1. The van der Waals surface area contributed by atoms with E-state index in [9.17, 15) is 9.59 Å². The molecule has 7 heteroatoms. The molecular formula is C11H22O7. The van der Waals surface area contributed by atoms with Crippen LogP contribution in [0.4, 0.5) is 0 Å². The van der Waals surface area contributed by atoms with Gasteiger partial charge in [0.2, 0.25) is 0 Å². The molecule has 5 N–H and O–H groups in total. The Balaban J connectivity index is 0. The Morgan fingerprint density at radius 1 is 0.778 bits per heavy atom. The number of hydrogen-bond donors (Lipinski definition) is 5. The molecular weight excluding hydrogens is 244 g/mol. The fraction of sp³-hybridized carbons (Fsp3) is 0.818. The first kappa shape index (κ1) is 19.2. The number of aliphatic hydroxyl groups excluding tert-OH is 3. The molecule has 0 aliphatic heterocycles. The zero-order valence-corrected chi connectivity index (χ0v) is 10.3. The number of carbonyl (C=O) groups is 2. The number of carboxylic acid groups (broad SMARTS) is 2. The SMILES string of the molecule is O=C(O)CCCCCCC(=O)O.OCC(O)CO. The molecule has 0 saturated carbocycles. The van der Waals surface area contributed by atoms with Crippen LogP contribution in [0.5, 0.6) is 0 Å². The Labute approximate surface area is 106 Å². The normalized spacial score (nSPS) is 9.78. The molecule has 0 heterocycles. The van der Waals surface area contributed by atoms with E-state index in [-0.39, 0.29) is 26.1 Å². The zero-order valence-electron chi connectivity index (χ0n) is 10.3. The predicted molar refractivity (Wildman–Crippen MR) is 63.2 cm³/mol. The number of aliphatic hydroxyl groups is 3.